The predicted molar refractivity (Wildman–Crippen MR) is 61.4 cm³/mol. The van der Waals surface area contributed by atoms with Crippen LogP contribution >= 0.6 is 0 Å². The minimum Gasteiger partial charge on any atom is -0.392 e. The summed E-state index contributed by atoms with van der Waals surface area (Å²) in [5, 5.41) is 0. The molecule has 0 atom stereocenters. The van der Waals surface area contributed by atoms with Crippen molar-refractivity contribution in [3.8, 4) is 0 Å². The van der Waals surface area contributed by atoms with Crippen molar-refractivity contribution in [2.75, 3.05) is 13.2 Å². The molecule has 0 bridgehead atoms. The Bertz CT molecular complexity index is 182. The fraction of sp³-hybridized carbons (Fsp3) is 0.818. The van der Waals surface area contributed by atoms with E-state index in [0.717, 1.165) is 25.2 Å². The fourth-order valence-electron chi connectivity index (χ4n) is 1.52. The molecule has 0 N–H and O–H groups in total. The van der Waals surface area contributed by atoms with E-state index in [0.29, 0.717) is 0 Å². The Morgan fingerprint density at radius 1 is 1.14 bits per heavy atom. The van der Waals surface area contributed by atoms with Crippen molar-refractivity contribution < 1.29 is 8.85 Å². The first-order valence-electron chi connectivity index (χ1n) is 5.73. The molecule has 0 aromatic carbocycles. The summed E-state index contributed by atoms with van der Waals surface area (Å²) in [5.41, 5.74) is 2.25. The first-order chi connectivity index (χ1) is 6.76. The summed E-state index contributed by atoms with van der Waals surface area (Å²) in [7, 11) is -1.97. The topological polar surface area (TPSA) is 18.5 Å². The van der Waals surface area contributed by atoms with E-state index in [1.165, 1.54) is 12.8 Å². The smallest absolute Gasteiger partial charge is 0.364 e. The molecule has 0 heterocycles. The lowest BCUT2D eigenvalue weighted by Gasteiger charge is -2.25. The monoisotopic (exact) mass is 214 g/mol. The molecule has 1 aliphatic carbocycles. The zero-order valence-corrected chi connectivity index (χ0v) is 10.6. The van der Waals surface area contributed by atoms with Crippen molar-refractivity contribution in [3.63, 3.8) is 0 Å². The van der Waals surface area contributed by atoms with Gasteiger partial charge in [-0.05, 0) is 44.4 Å². The summed E-state index contributed by atoms with van der Waals surface area (Å²) in [6, 6.07) is 1.01. The van der Waals surface area contributed by atoms with E-state index in [1.54, 1.807) is 0 Å². The van der Waals surface area contributed by atoms with Crippen molar-refractivity contribution in [3.05, 3.63) is 11.8 Å². The minimum absolute atomic E-state index is 0.759. The molecule has 1 rings (SSSR count). The minimum atomic E-state index is -1.97. The van der Waals surface area contributed by atoms with E-state index in [-0.39, 0.29) is 0 Å². The quantitative estimate of drug-likeness (QED) is 0.607. The van der Waals surface area contributed by atoms with Crippen LogP contribution in [0.2, 0.25) is 6.04 Å². The third kappa shape index (κ3) is 3.56. The van der Waals surface area contributed by atoms with Gasteiger partial charge in [0, 0.05) is 13.2 Å². The molecule has 1 fully saturated rings. The highest BCUT2D eigenvalue weighted by Gasteiger charge is 2.32. The second kappa shape index (κ2) is 5.68. The number of hydrogen-bond donors (Lipinski definition) is 0. The van der Waals surface area contributed by atoms with Gasteiger partial charge in [-0.25, -0.2) is 0 Å². The van der Waals surface area contributed by atoms with Crippen LogP contribution in [-0.2, 0) is 8.85 Å². The van der Waals surface area contributed by atoms with Gasteiger partial charge in [0.2, 0.25) is 0 Å². The standard InChI is InChI=1S/C11H22O2Si/c1-4-12-14(6-3,13-5-2)10-9-11-7-8-11/h9-11H,4-8H2,1-3H3. The SMILES string of the molecule is CCO[Si](C=CC1CC1)(CC)OCC. The van der Waals surface area contributed by atoms with Gasteiger partial charge in [-0.2, -0.15) is 0 Å². The van der Waals surface area contributed by atoms with Crippen LogP contribution in [0.1, 0.15) is 33.6 Å². The van der Waals surface area contributed by atoms with Crippen molar-refractivity contribution in [1.29, 1.82) is 0 Å². The predicted octanol–water partition coefficient (Wildman–Crippen LogP) is 3.03. The molecule has 1 aliphatic rings. The van der Waals surface area contributed by atoms with Gasteiger partial charge in [0.1, 0.15) is 0 Å². The molecule has 14 heavy (non-hydrogen) atoms. The molecule has 0 aromatic heterocycles. The maximum atomic E-state index is 5.83. The van der Waals surface area contributed by atoms with E-state index < -0.39 is 8.56 Å². The molecular weight excluding hydrogens is 192 g/mol. The lowest BCUT2D eigenvalue weighted by Crippen LogP contribution is -2.39. The summed E-state index contributed by atoms with van der Waals surface area (Å²) >= 11 is 0. The highest BCUT2D eigenvalue weighted by atomic mass is 28.4. The Labute approximate surface area is 88.5 Å². The highest BCUT2D eigenvalue weighted by Crippen LogP contribution is 2.31. The molecule has 0 amide bonds. The molecule has 0 aliphatic heterocycles. The Morgan fingerprint density at radius 2 is 1.71 bits per heavy atom. The third-order valence-corrected chi connectivity index (χ3v) is 5.75. The van der Waals surface area contributed by atoms with E-state index >= 15 is 0 Å². The Morgan fingerprint density at radius 3 is 2.07 bits per heavy atom. The van der Waals surface area contributed by atoms with Gasteiger partial charge in [-0.1, -0.05) is 13.0 Å². The second-order valence-corrected chi connectivity index (χ2v) is 6.97. The number of rotatable bonds is 7. The van der Waals surface area contributed by atoms with Crippen molar-refractivity contribution in [1.82, 2.24) is 0 Å². The van der Waals surface area contributed by atoms with Crippen molar-refractivity contribution in [2.24, 2.45) is 5.92 Å². The Balaban J connectivity index is 2.54. The van der Waals surface area contributed by atoms with Crippen LogP contribution in [0.4, 0.5) is 0 Å². The van der Waals surface area contributed by atoms with Gasteiger partial charge in [0.05, 0.1) is 0 Å². The van der Waals surface area contributed by atoms with Gasteiger partial charge >= 0.3 is 8.56 Å². The average Bonchev–Trinajstić information content (AvgIpc) is 2.98. The molecular formula is C11H22O2Si. The van der Waals surface area contributed by atoms with E-state index in [4.69, 9.17) is 8.85 Å². The summed E-state index contributed by atoms with van der Waals surface area (Å²) in [6.45, 7) is 7.77. The number of hydrogen-bond acceptors (Lipinski definition) is 2. The number of allylic oxidation sites excluding steroid dienone is 1. The van der Waals surface area contributed by atoms with Gasteiger partial charge in [-0.15, -0.1) is 0 Å². The summed E-state index contributed by atoms with van der Waals surface area (Å²) < 4.78 is 11.7. The first kappa shape index (κ1) is 11.9. The second-order valence-electron chi connectivity index (χ2n) is 3.73. The molecule has 1 saturated carbocycles. The highest BCUT2D eigenvalue weighted by molar-refractivity contribution is 6.72. The molecule has 0 unspecified atom stereocenters. The normalized spacial score (nSPS) is 17.9. The van der Waals surface area contributed by atoms with Crippen LogP contribution in [0.3, 0.4) is 0 Å². The van der Waals surface area contributed by atoms with Gasteiger partial charge in [-0.3, -0.25) is 0 Å². The van der Waals surface area contributed by atoms with Crippen LogP contribution in [0, 0.1) is 5.92 Å². The Hall–Kier alpha value is -0.123. The van der Waals surface area contributed by atoms with Gasteiger partial charge in [0.25, 0.3) is 0 Å². The van der Waals surface area contributed by atoms with Gasteiger partial charge < -0.3 is 8.85 Å². The molecule has 82 valence electrons. The lowest BCUT2D eigenvalue weighted by atomic mass is 10.4. The summed E-state index contributed by atoms with van der Waals surface area (Å²) in [6.07, 6.45) is 5.01. The van der Waals surface area contributed by atoms with Gasteiger partial charge in [0.15, 0.2) is 0 Å². The zero-order valence-electron chi connectivity index (χ0n) is 9.58. The molecule has 0 radical (unpaired) electrons. The lowest BCUT2D eigenvalue weighted by molar-refractivity contribution is 0.195. The van der Waals surface area contributed by atoms with E-state index in [9.17, 15) is 0 Å². The molecule has 0 saturated heterocycles. The summed E-state index contributed by atoms with van der Waals surface area (Å²) in [4.78, 5) is 0. The maximum Gasteiger partial charge on any atom is 0.364 e. The molecule has 2 nitrogen and oxygen atoms in total. The van der Waals surface area contributed by atoms with Crippen molar-refractivity contribution in [2.45, 2.75) is 39.7 Å². The molecule has 0 aromatic rings. The summed E-state index contributed by atoms with van der Waals surface area (Å²) in [5.74, 6) is 0.814. The molecule has 3 heteroatoms. The van der Waals surface area contributed by atoms with Crippen LogP contribution in [-0.4, -0.2) is 21.8 Å². The first-order valence-corrected chi connectivity index (χ1v) is 7.83. The Kier molecular flexibility index (Phi) is 4.85. The largest absolute Gasteiger partial charge is 0.392 e. The van der Waals surface area contributed by atoms with Crippen LogP contribution in [0.15, 0.2) is 11.8 Å². The fourth-order valence-corrected chi connectivity index (χ4v) is 3.98. The van der Waals surface area contributed by atoms with Crippen LogP contribution in [0.5, 0.6) is 0 Å². The van der Waals surface area contributed by atoms with Crippen molar-refractivity contribution >= 4 is 8.56 Å². The third-order valence-electron chi connectivity index (χ3n) is 2.51. The van der Waals surface area contributed by atoms with E-state index in [2.05, 4.69) is 18.7 Å². The maximum absolute atomic E-state index is 5.83. The molecule has 0 spiro atoms. The average molecular weight is 214 g/mol. The van der Waals surface area contributed by atoms with E-state index in [1.807, 2.05) is 13.8 Å². The van der Waals surface area contributed by atoms with Crippen LogP contribution in [0.25, 0.3) is 0 Å². The zero-order chi connectivity index (χ0) is 10.4. The van der Waals surface area contributed by atoms with Crippen LogP contribution < -0.4 is 0 Å².